The molecule has 0 atom stereocenters. The Morgan fingerprint density at radius 3 is 2.41 bits per heavy atom. The first kappa shape index (κ1) is 25.7. The number of anilines is 1. The molecule has 1 aliphatic rings. The zero-order valence-corrected chi connectivity index (χ0v) is 21.0. The van der Waals surface area contributed by atoms with Crippen molar-refractivity contribution in [1.82, 2.24) is 5.32 Å². The van der Waals surface area contributed by atoms with Gasteiger partial charge in [0.2, 0.25) is 0 Å². The quantitative estimate of drug-likeness (QED) is 0.578. The lowest BCUT2D eigenvalue weighted by Crippen LogP contribution is -2.41. The average molecular weight is 465 g/mol. The lowest BCUT2D eigenvalue weighted by Gasteiger charge is -2.32. The molecule has 180 valence electrons. The molecule has 0 aliphatic carbocycles. The van der Waals surface area contributed by atoms with Gasteiger partial charge in [0.1, 0.15) is 5.82 Å². The maximum atomic E-state index is 14.6. The Balaban J connectivity index is 1.80. The second kappa shape index (κ2) is 9.40. The molecule has 1 fully saturated rings. The zero-order valence-electron chi connectivity index (χ0n) is 21.0. The van der Waals surface area contributed by atoms with Gasteiger partial charge in [-0.05, 0) is 89.2 Å². The van der Waals surface area contributed by atoms with E-state index in [0.717, 1.165) is 22.2 Å². The van der Waals surface area contributed by atoms with Gasteiger partial charge in [0, 0.05) is 6.54 Å². The number of hydrogen-bond acceptors (Lipinski definition) is 4. The zero-order chi connectivity index (χ0) is 25.3. The summed E-state index contributed by atoms with van der Waals surface area (Å²) >= 11 is 0. The fourth-order valence-corrected chi connectivity index (χ4v) is 3.62. The molecule has 0 spiro atoms. The Labute approximate surface area is 202 Å². The number of urea groups is 1. The number of carbonyl (C=O) groups is 1. The number of benzene rings is 2. The Morgan fingerprint density at radius 1 is 1.15 bits per heavy atom. The van der Waals surface area contributed by atoms with Crippen molar-refractivity contribution in [3.05, 3.63) is 47.8 Å². The number of hydrogen-bond donors (Lipinski definition) is 2. The first-order valence-electron chi connectivity index (χ1n) is 11.5. The highest BCUT2D eigenvalue weighted by Gasteiger charge is 2.51. The topological polar surface area (TPSA) is 83.4 Å². The maximum Gasteiger partial charge on any atom is 0.494 e. The fraction of sp³-hybridized carbons (Fsp3) is 0.462. The van der Waals surface area contributed by atoms with Crippen molar-refractivity contribution in [2.24, 2.45) is 5.41 Å². The summed E-state index contributed by atoms with van der Waals surface area (Å²) in [5.74, 6) is -0.518. The summed E-state index contributed by atoms with van der Waals surface area (Å²) in [5.41, 5.74) is 1.90. The molecule has 8 heteroatoms. The summed E-state index contributed by atoms with van der Waals surface area (Å²) in [6, 6.07) is 12.5. The number of amides is 2. The number of halogens is 1. The van der Waals surface area contributed by atoms with Crippen LogP contribution in [0.4, 0.5) is 14.9 Å². The number of carbonyl (C=O) groups excluding carboxylic acids is 1. The predicted octanol–water partition coefficient (Wildman–Crippen LogP) is 5.16. The average Bonchev–Trinajstić information content (AvgIpc) is 2.97. The van der Waals surface area contributed by atoms with Crippen molar-refractivity contribution in [2.75, 3.05) is 11.9 Å². The van der Waals surface area contributed by atoms with E-state index in [2.05, 4.69) is 16.7 Å². The van der Waals surface area contributed by atoms with Crippen molar-refractivity contribution >= 4 is 24.3 Å². The molecular formula is C26H33BFN3O3. The van der Waals surface area contributed by atoms with E-state index in [0.29, 0.717) is 13.0 Å². The molecule has 2 amide bonds. The first-order chi connectivity index (χ1) is 15.7. The van der Waals surface area contributed by atoms with Crippen LogP contribution >= 0.6 is 0 Å². The maximum absolute atomic E-state index is 14.6. The normalized spacial score (nSPS) is 16.7. The molecule has 2 aromatic rings. The molecule has 2 N–H and O–H groups in total. The van der Waals surface area contributed by atoms with Crippen LogP contribution in [-0.2, 0) is 9.31 Å². The molecule has 1 saturated heterocycles. The number of nitrogens with zero attached hydrogens (tertiary/aromatic N) is 1. The van der Waals surface area contributed by atoms with Crippen LogP contribution in [0.25, 0.3) is 11.1 Å². The summed E-state index contributed by atoms with van der Waals surface area (Å²) in [4.78, 5) is 12.3. The van der Waals surface area contributed by atoms with Crippen LogP contribution in [0.1, 0.15) is 53.5 Å². The van der Waals surface area contributed by atoms with Gasteiger partial charge in [0.25, 0.3) is 0 Å². The third-order valence-electron chi connectivity index (χ3n) is 6.62. The Kier molecular flexibility index (Phi) is 7.11. The Morgan fingerprint density at radius 2 is 1.79 bits per heavy atom. The van der Waals surface area contributed by atoms with Crippen LogP contribution in [0.3, 0.4) is 0 Å². The number of rotatable bonds is 6. The standard InChI is InChI=1S/C26H33BFN3O3/c1-17-13-21(28)22(31-23(32)30-12-11-24(2,3)16-29)15-20(17)18-9-8-10-19(14-18)27-33-25(4,5)26(6,7)34-27/h8-10,13-15H,11-12H2,1-7H3,(H2,30,31,32). The predicted molar refractivity (Wildman–Crippen MR) is 133 cm³/mol. The monoisotopic (exact) mass is 465 g/mol. The third kappa shape index (κ3) is 5.60. The van der Waals surface area contributed by atoms with Gasteiger partial charge in [-0.1, -0.05) is 24.3 Å². The number of aryl methyl sites for hydroxylation is 1. The van der Waals surface area contributed by atoms with Crippen molar-refractivity contribution < 1.29 is 18.5 Å². The number of nitrogens with one attached hydrogen (secondary N) is 2. The molecule has 6 nitrogen and oxygen atoms in total. The van der Waals surface area contributed by atoms with Crippen molar-refractivity contribution in [3.63, 3.8) is 0 Å². The van der Waals surface area contributed by atoms with Gasteiger partial charge in [-0.25, -0.2) is 9.18 Å². The van der Waals surface area contributed by atoms with Gasteiger partial charge in [-0.2, -0.15) is 5.26 Å². The Hall–Kier alpha value is -2.89. The lowest BCUT2D eigenvalue weighted by molar-refractivity contribution is 0.00578. The molecule has 0 radical (unpaired) electrons. The largest absolute Gasteiger partial charge is 0.494 e. The molecular weight excluding hydrogens is 432 g/mol. The first-order valence-corrected chi connectivity index (χ1v) is 11.5. The fourth-order valence-electron chi connectivity index (χ4n) is 3.62. The minimum atomic E-state index is -0.544. The van der Waals surface area contributed by atoms with Crippen LogP contribution in [0.2, 0.25) is 0 Å². The Bertz CT molecular complexity index is 1110. The summed E-state index contributed by atoms with van der Waals surface area (Å²) in [6.45, 7) is 13.8. The summed E-state index contributed by atoms with van der Waals surface area (Å²) in [6.07, 6.45) is 0.490. The van der Waals surface area contributed by atoms with Gasteiger partial charge in [0.05, 0.1) is 28.4 Å². The van der Waals surface area contributed by atoms with Gasteiger partial charge < -0.3 is 19.9 Å². The molecule has 3 rings (SSSR count). The third-order valence-corrected chi connectivity index (χ3v) is 6.62. The van der Waals surface area contributed by atoms with Crippen molar-refractivity contribution in [1.29, 1.82) is 5.26 Å². The van der Waals surface area contributed by atoms with E-state index in [1.165, 1.54) is 6.07 Å². The highest BCUT2D eigenvalue weighted by Crippen LogP contribution is 2.37. The second-order valence-corrected chi connectivity index (χ2v) is 10.5. The van der Waals surface area contributed by atoms with Crippen LogP contribution in [0.15, 0.2) is 36.4 Å². The van der Waals surface area contributed by atoms with Gasteiger partial charge in [-0.3, -0.25) is 0 Å². The molecule has 1 heterocycles. The van der Waals surface area contributed by atoms with Gasteiger partial charge in [-0.15, -0.1) is 0 Å². The van der Waals surface area contributed by atoms with E-state index in [4.69, 9.17) is 14.6 Å². The van der Waals surface area contributed by atoms with Gasteiger partial charge in [0.15, 0.2) is 0 Å². The van der Waals surface area contributed by atoms with E-state index < -0.39 is 35.6 Å². The summed E-state index contributed by atoms with van der Waals surface area (Å²) < 4.78 is 27.0. The molecule has 0 bridgehead atoms. The van der Waals surface area contributed by atoms with Crippen LogP contribution in [-0.4, -0.2) is 30.9 Å². The van der Waals surface area contributed by atoms with Crippen molar-refractivity contribution in [2.45, 2.75) is 66.1 Å². The highest BCUT2D eigenvalue weighted by atomic mass is 19.1. The number of nitriles is 1. The van der Waals surface area contributed by atoms with E-state index in [1.807, 2.05) is 58.9 Å². The van der Waals surface area contributed by atoms with E-state index in [-0.39, 0.29) is 5.69 Å². The van der Waals surface area contributed by atoms with Crippen LogP contribution in [0.5, 0.6) is 0 Å². The van der Waals surface area contributed by atoms with E-state index >= 15 is 0 Å². The minimum absolute atomic E-state index is 0.0821. The van der Waals surface area contributed by atoms with E-state index in [1.54, 1.807) is 19.9 Å². The minimum Gasteiger partial charge on any atom is -0.399 e. The summed E-state index contributed by atoms with van der Waals surface area (Å²) in [7, 11) is -0.508. The molecule has 1 aliphatic heterocycles. The second-order valence-electron chi connectivity index (χ2n) is 10.5. The van der Waals surface area contributed by atoms with Gasteiger partial charge >= 0.3 is 13.1 Å². The lowest BCUT2D eigenvalue weighted by atomic mass is 9.77. The molecule has 2 aromatic carbocycles. The molecule has 34 heavy (non-hydrogen) atoms. The molecule has 0 aromatic heterocycles. The van der Waals surface area contributed by atoms with Crippen LogP contribution in [0, 0.1) is 29.5 Å². The van der Waals surface area contributed by atoms with Crippen LogP contribution < -0.4 is 16.1 Å². The molecule has 0 unspecified atom stereocenters. The smallest absolute Gasteiger partial charge is 0.399 e. The highest BCUT2D eigenvalue weighted by molar-refractivity contribution is 6.62. The summed E-state index contributed by atoms with van der Waals surface area (Å²) in [5, 5.41) is 14.4. The van der Waals surface area contributed by atoms with Crippen molar-refractivity contribution in [3.8, 4) is 17.2 Å². The van der Waals surface area contributed by atoms with E-state index in [9.17, 15) is 9.18 Å². The SMILES string of the molecule is Cc1cc(F)c(NC(=O)NCCC(C)(C)C#N)cc1-c1cccc(B2OC(C)(C)C(C)(C)O2)c1. The molecule has 0 saturated carbocycles.